The minimum absolute atomic E-state index is 0.356. The molecule has 3 rings (SSSR count). The average molecular weight is 354 g/mol. The van der Waals surface area contributed by atoms with Crippen LogP contribution in [0, 0.1) is 0 Å². The van der Waals surface area contributed by atoms with Crippen molar-refractivity contribution in [2.24, 2.45) is 5.10 Å². The van der Waals surface area contributed by atoms with E-state index in [9.17, 15) is 0 Å². The highest BCUT2D eigenvalue weighted by atomic mass is 79.9. The quantitative estimate of drug-likeness (QED) is 0.573. The summed E-state index contributed by atoms with van der Waals surface area (Å²) in [5.41, 5.74) is 5.50. The Balaban J connectivity index is 1.72. The third kappa shape index (κ3) is 3.73. The van der Waals surface area contributed by atoms with Gasteiger partial charge in [0, 0.05) is 10.0 Å². The number of halogens is 1. The second-order valence-electron chi connectivity index (χ2n) is 4.45. The Morgan fingerprint density at radius 2 is 1.77 bits per heavy atom. The molecule has 2 aromatic carbocycles. The summed E-state index contributed by atoms with van der Waals surface area (Å²) in [6.07, 6.45) is 3.32. The fraction of sp³-hybridized carbons (Fsp3) is 0. The number of aromatic nitrogens is 3. The molecule has 0 bridgehead atoms. The summed E-state index contributed by atoms with van der Waals surface area (Å²) >= 11 is 3.39. The molecule has 0 fully saturated rings. The van der Waals surface area contributed by atoms with Crippen molar-refractivity contribution in [2.45, 2.75) is 0 Å². The lowest BCUT2D eigenvalue weighted by atomic mass is 10.2. The zero-order valence-electron chi connectivity index (χ0n) is 11.5. The first-order valence-corrected chi connectivity index (χ1v) is 7.40. The fourth-order valence-electron chi connectivity index (χ4n) is 1.81. The van der Waals surface area contributed by atoms with Gasteiger partial charge in [0.25, 0.3) is 5.95 Å². The van der Waals surface area contributed by atoms with Gasteiger partial charge in [0.05, 0.1) is 18.1 Å². The number of rotatable bonds is 4. The summed E-state index contributed by atoms with van der Waals surface area (Å²) < 4.78 is 1.03. The molecular weight excluding hydrogens is 342 g/mol. The molecule has 3 aromatic rings. The zero-order valence-corrected chi connectivity index (χ0v) is 13.1. The van der Waals surface area contributed by atoms with Gasteiger partial charge in [-0.1, -0.05) is 58.4 Å². The smallest absolute Gasteiger partial charge is 0.244 e. The Labute approximate surface area is 136 Å². The molecule has 0 aliphatic rings. The summed E-state index contributed by atoms with van der Waals surface area (Å²) in [5, 5.41) is 12.0. The normalized spacial score (nSPS) is 10.8. The number of hydrogen-bond acceptors (Lipinski definition) is 5. The molecule has 0 aliphatic carbocycles. The van der Waals surface area contributed by atoms with Crippen LogP contribution in [0.3, 0.4) is 0 Å². The van der Waals surface area contributed by atoms with E-state index in [1.165, 1.54) is 0 Å². The van der Waals surface area contributed by atoms with Crippen molar-refractivity contribution in [3.05, 3.63) is 70.8 Å². The Kier molecular flexibility index (Phi) is 4.50. The van der Waals surface area contributed by atoms with E-state index in [-0.39, 0.29) is 0 Å². The Morgan fingerprint density at radius 1 is 1.00 bits per heavy atom. The molecule has 5 nitrogen and oxygen atoms in total. The van der Waals surface area contributed by atoms with Crippen LogP contribution in [0.5, 0.6) is 0 Å². The van der Waals surface area contributed by atoms with Crippen molar-refractivity contribution in [3.63, 3.8) is 0 Å². The van der Waals surface area contributed by atoms with Crippen LogP contribution in [-0.2, 0) is 0 Å². The van der Waals surface area contributed by atoms with Crippen molar-refractivity contribution in [2.75, 3.05) is 5.43 Å². The first-order chi connectivity index (χ1) is 10.8. The van der Waals surface area contributed by atoms with Gasteiger partial charge < -0.3 is 0 Å². The molecule has 0 unspecified atom stereocenters. The number of anilines is 1. The highest BCUT2D eigenvalue weighted by molar-refractivity contribution is 9.10. The molecule has 0 radical (unpaired) electrons. The molecule has 1 aromatic heterocycles. The molecule has 0 saturated heterocycles. The monoisotopic (exact) mass is 353 g/mol. The van der Waals surface area contributed by atoms with Crippen LogP contribution in [0.4, 0.5) is 5.95 Å². The third-order valence-electron chi connectivity index (χ3n) is 2.88. The first kappa shape index (κ1) is 14.3. The van der Waals surface area contributed by atoms with E-state index in [1.807, 2.05) is 54.6 Å². The molecule has 22 heavy (non-hydrogen) atoms. The number of nitrogens with zero attached hydrogens (tertiary/aromatic N) is 4. The van der Waals surface area contributed by atoms with Gasteiger partial charge in [-0.3, -0.25) is 0 Å². The summed E-state index contributed by atoms with van der Waals surface area (Å²) in [5.74, 6) is 0.356. The summed E-state index contributed by atoms with van der Waals surface area (Å²) in [7, 11) is 0. The molecule has 0 atom stereocenters. The average Bonchev–Trinajstić information content (AvgIpc) is 2.58. The van der Waals surface area contributed by atoms with Crippen molar-refractivity contribution in [1.29, 1.82) is 0 Å². The van der Waals surface area contributed by atoms with Crippen molar-refractivity contribution >= 4 is 28.1 Å². The van der Waals surface area contributed by atoms with Crippen LogP contribution >= 0.6 is 15.9 Å². The molecular formula is C16H12BrN5. The van der Waals surface area contributed by atoms with Gasteiger partial charge in [0.1, 0.15) is 0 Å². The number of hydrogen-bond donors (Lipinski definition) is 1. The lowest BCUT2D eigenvalue weighted by molar-refractivity contribution is 0.967. The van der Waals surface area contributed by atoms with Crippen LogP contribution in [-0.4, -0.2) is 21.4 Å². The topological polar surface area (TPSA) is 63.1 Å². The Bertz CT molecular complexity index is 772. The zero-order chi connectivity index (χ0) is 15.2. The number of nitrogens with one attached hydrogen (secondary N) is 1. The van der Waals surface area contributed by atoms with Gasteiger partial charge in [0.2, 0.25) is 0 Å². The lowest BCUT2D eigenvalue weighted by Crippen LogP contribution is -1.99. The Hall–Kier alpha value is -2.60. The van der Waals surface area contributed by atoms with Crippen LogP contribution in [0.25, 0.3) is 11.3 Å². The summed E-state index contributed by atoms with van der Waals surface area (Å²) in [6, 6.07) is 17.6. The summed E-state index contributed by atoms with van der Waals surface area (Å²) in [6.45, 7) is 0. The molecule has 0 saturated carbocycles. The van der Waals surface area contributed by atoms with Gasteiger partial charge in [-0.05, 0) is 17.7 Å². The molecule has 108 valence electrons. The highest BCUT2D eigenvalue weighted by Gasteiger charge is 2.01. The highest BCUT2D eigenvalue weighted by Crippen LogP contribution is 2.15. The molecule has 6 heteroatoms. The second kappa shape index (κ2) is 6.91. The second-order valence-corrected chi connectivity index (χ2v) is 5.37. The van der Waals surface area contributed by atoms with Crippen molar-refractivity contribution in [1.82, 2.24) is 15.2 Å². The maximum Gasteiger partial charge on any atom is 0.263 e. The van der Waals surface area contributed by atoms with Crippen LogP contribution in [0.15, 0.2) is 70.4 Å². The van der Waals surface area contributed by atoms with E-state index < -0.39 is 0 Å². The van der Waals surface area contributed by atoms with Gasteiger partial charge in [0.15, 0.2) is 0 Å². The van der Waals surface area contributed by atoms with Gasteiger partial charge in [-0.15, -0.1) is 5.10 Å². The van der Waals surface area contributed by atoms with Crippen LogP contribution < -0.4 is 5.43 Å². The fourth-order valence-corrected chi connectivity index (χ4v) is 2.08. The van der Waals surface area contributed by atoms with E-state index in [1.54, 1.807) is 12.4 Å². The van der Waals surface area contributed by atoms with Gasteiger partial charge in [-0.2, -0.15) is 10.2 Å². The molecule has 0 spiro atoms. The molecule has 1 N–H and O–H groups in total. The maximum absolute atomic E-state index is 4.38. The predicted molar refractivity (Wildman–Crippen MR) is 90.6 cm³/mol. The van der Waals surface area contributed by atoms with Crippen LogP contribution in [0.1, 0.15) is 5.56 Å². The van der Waals surface area contributed by atoms with Crippen molar-refractivity contribution < 1.29 is 0 Å². The largest absolute Gasteiger partial charge is 0.263 e. The van der Waals surface area contributed by atoms with E-state index >= 15 is 0 Å². The number of benzene rings is 2. The molecule has 0 amide bonds. The maximum atomic E-state index is 4.38. The minimum atomic E-state index is 0.356. The van der Waals surface area contributed by atoms with Crippen LogP contribution in [0.2, 0.25) is 0 Å². The van der Waals surface area contributed by atoms with Crippen molar-refractivity contribution in [3.8, 4) is 11.3 Å². The van der Waals surface area contributed by atoms with Gasteiger partial charge >= 0.3 is 0 Å². The van der Waals surface area contributed by atoms with E-state index in [0.717, 1.165) is 21.3 Å². The van der Waals surface area contributed by atoms with E-state index in [4.69, 9.17) is 0 Å². The standard InChI is InChI=1S/C16H12BrN5/c17-14-8-6-12(7-9-14)10-18-21-16-20-15(11-19-22-16)13-4-2-1-3-5-13/h1-11H,(H,20,21,22)/b18-10+. The number of hydrazone groups is 1. The lowest BCUT2D eigenvalue weighted by Gasteiger charge is -2.02. The van der Waals surface area contributed by atoms with E-state index in [2.05, 4.69) is 41.6 Å². The summed E-state index contributed by atoms with van der Waals surface area (Å²) in [4.78, 5) is 4.38. The van der Waals surface area contributed by atoms with Gasteiger partial charge in [-0.25, -0.2) is 10.4 Å². The Morgan fingerprint density at radius 3 is 2.55 bits per heavy atom. The predicted octanol–water partition coefficient (Wildman–Crippen LogP) is 3.75. The first-order valence-electron chi connectivity index (χ1n) is 6.61. The molecule has 1 heterocycles. The SMILES string of the molecule is Brc1ccc(/C=N/Nc2nncc(-c3ccccc3)n2)cc1. The third-order valence-corrected chi connectivity index (χ3v) is 3.41. The molecule has 0 aliphatic heterocycles. The van der Waals surface area contributed by atoms with E-state index in [0.29, 0.717) is 5.95 Å². The minimum Gasteiger partial charge on any atom is -0.244 e.